The number of esters is 1. The van der Waals surface area contributed by atoms with Gasteiger partial charge in [0.05, 0.1) is 17.1 Å². The molecule has 0 aliphatic heterocycles. The Kier molecular flexibility index (Phi) is 9.98. The van der Waals surface area contributed by atoms with Crippen molar-refractivity contribution in [1.82, 2.24) is 14.9 Å². The normalized spacial score (nSPS) is 12.0. The summed E-state index contributed by atoms with van der Waals surface area (Å²) in [4.78, 5) is 30.1. The van der Waals surface area contributed by atoms with Gasteiger partial charge >= 0.3 is 5.97 Å². The van der Waals surface area contributed by atoms with Crippen LogP contribution in [0, 0.1) is 0 Å². The molecule has 38 heavy (non-hydrogen) atoms. The molecule has 1 heterocycles. The van der Waals surface area contributed by atoms with Gasteiger partial charge in [-0.3, -0.25) is 9.59 Å². The lowest BCUT2D eigenvalue weighted by Crippen LogP contribution is -2.26. The van der Waals surface area contributed by atoms with E-state index >= 15 is 0 Å². The molecule has 0 aliphatic rings. The Morgan fingerprint density at radius 3 is 2.24 bits per heavy atom. The molecular formula is C31H35N3O3S. The summed E-state index contributed by atoms with van der Waals surface area (Å²) < 4.78 is 7.42. The molecule has 1 unspecified atom stereocenters. The van der Waals surface area contributed by atoms with Crippen molar-refractivity contribution in [3.63, 3.8) is 0 Å². The number of hydrogen-bond acceptors (Lipinski definition) is 5. The molecule has 1 N–H and O–H groups in total. The Morgan fingerprint density at radius 1 is 0.947 bits per heavy atom. The highest BCUT2D eigenvalue weighted by Gasteiger charge is 2.18. The van der Waals surface area contributed by atoms with Gasteiger partial charge in [-0.2, -0.15) is 0 Å². The number of amides is 1. The highest BCUT2D eigenvalue weighted by molar-refractivity contribution is 7.99. The Hall–Kier alpha value is -3.58. The largest absolute Gasteiger partial charge is 0.461 e. The van der Waals surface area contributed by atoms with E-state index in [0.717, 1.165) is 45.9 Å². The first kappa shape index (κ1) is 27.5. The third kappa shape index (κ3) is 7.48. The van der Waals surface area contributed by atoms with Crippen molar-refractivity contribution in [2.24, 2.45) is 0 Å². The topological polar surface area (TPSA) is 73.2 Å². The molecule has 1 aromatic heterocycles. The lowest BCUT2D eigenvalue weighted by Gasteiger charge is -2.18. The van der Waals surface area contributed by atoms with E-state index in [1.54, 1.807) is 11.8 Å². The van der Waals surface area contributed by atoms with E-state index in [2.05, 4.69) is 29.6 Å². The highest BCUT2D eigenvalue weighted by atomic mass is 32.2. The molecule has 0 saturated heterocycles. The SMILES string of the molecule is CCC(C)OC(=O)Cn1c(SCCCNC(=O)CC(c2ccccc2)c2ccccc2)nc2ccccc21. The van der Waals surface area contributed by atoms with E-state index < -0.39 is 0 Å². The minimum absolute atomic E-state index is 0.0156. The van der Waals surface area contributed by atoms with Crippen LogP contribution in [0.25, 0.3) is 11.0 Å². The molecule has 0 radical (unpaired) electrons. The second-order valence-electron chi connectivity index (χ2n) is 9.31. The van der Waals surface area contributed by atoms with Gasteiger partial charge in [-0.25, -0.2) is 4.98 Å². The average molecular weight is 530 g/mol. The summed E-state index contributed by atoms with van der Waals surface area (Å²) in [5.41, 5.74) is 4.04. The molecule has 0 fully saturated rings. The van der Waals surface area contributed by atoms with Gasteiger partial charge in [0.15, 0.2) is 5.16 Å². The van der Waals surface area contributed by atoms with Crippen LogP contribution < -0.4 is 5.32 Å². The van der Waals surface area contributed by atoms with E-state index in [9.17, 15) is 9.59 Å². The summed E-state index contributed by atoms with van der Waals surface area (Å²) in [5.74, 6) is 0.558. The number of para-hydroxylation sites is 2. The van der Waals surface area contributed by atoms with E-state index in [0.29, 0.717) is 13.0 Å². The third-order valence-corrected chi connectivity index (χ3v) is 7.54. The number of aromatic nitrogens is 2. The molecule has 1 atom stereocenters. The molecule has 6 nitrogen and oxygen atoms in total. The van der Waals surface area contributed by atoms with Crippen molar-refractivity contribution < 1.29 is 14.3 Å². The zero-order chi connectivity index (χ0) is 26.7. The van der Waals surface area contributed by atoms with E-state index in [-0.39, 0.29) is 30.4 Å². The van der Waals surface area contributed by atoms with Gasteiger partial charge in [0.1, 0.15) is 6.54 Å². The Labute approximate surface area is 228 Å². The molecular weight excluding hydrogens is 494 g/mol. The molecule has 3 aromatic carbocycles. The van der Waals surface area contributed by atoms with Crippen LogP contribution in [-0.4, -0.2) is 39.8 Å². The number of fused-ring (bicyclic) bond motifs is 1. The van der Waals surface area contributed by atoms with Crippen LogP contribution in [-0.2, 0) is 20.9 Å². The number of hydrogen-bond donors (Lipinski definition) is 1. The van der Waals surface area contributed by atoms with Crippen LogP contribution in [0.2, 0.25) is 0 Å². The predicted molar refractivity (Wildman–Crippen MR) is 153 cm³/mol. The van der Waals surface area contributed by atoms with Crippen molar-refractivity contribution in [1.29, 1.82) is 0 Å². The first-order valence-electron chi connectivity index (χ1n) is 13.2. The van der Waals surface area contributed by atoms with Gasteiger partial charge in [0.25, 0.3) is 0 Å². The molecule has 4 aromatic rings. The average Bonchev–Trinajstić information content (AvgIpc) is 3.29. The second-order valence-corrected chi connectivity index (χ2v) is 10.4. The van der Waals surface area contributed by atoms with Crippen LogP contribution >= 0.6 is 11.8 Å². The van der Waals surface area contributed by atoms with Crippen molar-refractivity contribution in [3.05, 3.63) is 96.1 Å². The number of ether oxygens (including phenoxy) is 1. The number of nitrogens with one attached hydrogen (secondary N) is 1. The fraction of sp³-hybridized carbons (Fsp3) is 0.323. The quantitative estimate of drug-likeness (QED) is 0.127. The molecule has 4 rings (SSSR count). The van der Waals surface area contributed by atoms with Crippen LogP contribution in [0.15, 0.2) is 90.1 Å². The molecule has 7 heteroatoms. The molecule has 0 spiro atoms. The monoisotopic (exact) mass is 529 g/mol. The first-order chi connectivity index (χ1) is 18.5. The summed E-state index contributed by atoms with van der Waals surface area (Å²) >= 11 is 1.59. The number of nitrogens with zero attached hydrogens (tertiary/aromatic N) is 2. The number of rotatable bonds is 13. The predicted octanol–water partition coefficient (Wildman–Crippen LogP) is 6.20. The second kappa shape index (κ2) is 13.8. The fourth-order valence-electron chi connectivity index (χ4n) is 4.31. The van der Waals surface area contributed by atoms with Crippen LogP contribution in [0.3, 0.4) is 0 Å². The third-order valence-electron chi connectivity index (χ3n) is 6.48. The number of carbonyl (C=O) groups is 2. The minimum atomic E-state index is -0.261. The van der Waals surface area contributed by atoms with Crippen LogP contribution in [0.5, 0.6) is 0 Å². The van der Waals surface area contributed by atoms with E-state index in [1.165, 1.54) is 0 Å². The number of carbonyl (C=O) groups excluding carboxylic acids is 2. The van der Waals surface area contributed by atoms with Gasteiger partial charge in [-0.15, -0.1) is 0 Å². The first-order valence-corrected chi connectivity index (χ1v) is 14.2. The number of benzene rings is 3. The minimum Gasteiger partial charge on any atom is -0.461 e. The molecule has 1 amide bonds. The van der Waals surface area contributed by atoms with Crippen molar-refractivity contribution in [2.75, 3.05) is 12.3 Å². The van der Waals surface area contributed by atoms with Crippen LogP contribution in [0.4, 0.5) is 0 Å². The maximum atomic E-state index is 12.9. The van der Waals surface area contributed by atoms with E-state index in [1.807, 2.05) is 79.1 Å². The highest BCUT2D eigenvalue weighted by Crippen LogP contribution is 2.28. The maximum absolute atomic E-state index is 12.9. The number of thioether (sulfide) groups is 1. The zero-order valence-corrected chi connectivity index (χ0v) is 22.8. The van der Waals surface area contributed by atoms with Gasteiger partial charge in [-0.05, 0) is 43.0 Å². The Morgan fingerprint density at radius 2 is 1.58 bits per heavy atom. The Balaban J connectivity index is 1.31. The molecule has 0 bridgehead atoms. The summed E-state index contributed by atoms with van der Waals surface area (Å²) in [6, 6.07) is 28.1. The molecule has 198 valence electrons. The van der Waals surface area contributed by atoms with Crippen LogP contribution in [0.1, 0.15) is 50.2 Å². The summed E-state index contributed by atoms with van der Waals surface area (Å²) in [5, 5.41) is 3.87. The summed E-state index contributed by atoms with van der Waals surface area (Å²) in [6.07, 6.45) is 1.86. The molecule has 0 aliphatic carbocycles. The smallest absolute Gasteiger partial charge is 0.326 e. The van der Waals surface area contributed by atoms with Crippen molar-refractivity contribution in [3.8, 4) is 0 Å². The van der Waals surface area contributed by atoms with Gasteiger partial charge in [-0.1, -0.05) is 91.5 Å². The number of imidazole rings is 1. The van der Waals surface area contributed by atoms with Gasteiger partial charge in [0.2, 0.25) is 5.91 Å². The maximum Gasteiger partial charge on any atom is 0.326 e. The van der Waals surface area contributed by atoms with Gasteiger partial charge in [0, 0.05) is 24.6 Å². The van der Waals surface area contributed by atoms with Gasteiger partial charge < -0.3 is 14.6 Å². The van der Waals surface area contributed by atoms with Crippen molar-refractivity contribution in [2.45, 2.75) is 56.8 Å². The van der Waals surface area contributed by atoms with E-state index in [4.69, 9.17) is 9.72 Å². The lowest BCUT2D eigenvalue weighted by molar-refractivity contribution is -0.149. The summed E-state index contributed by atoms with van der Waals surface area (Å²) in [7, 11) is 0. The fourth-order valence-corrected chi connectivity index (χ4v) is 5.26. The zero-order valence-electron chi connectivity index (χ0n) is 22.0. The molecule has 0 saturated carbocycles. The Bertz CT molecular complexity index is 1280. The standard InChI is InChI=1S/C31H35N3O3S/c1-3-23(2)37-30(36)22-34-28-18-11-10-17-27(28)33-31(34)38-20-12-19-32-29(35)21-26(24-13-6-4-7-14-24)25-15-8-5-9-16-25/h4-11,13-18,23,26H,3,12,19-22H2,1-2H3,(H,32,35). The van der Waals surface area contributed by atoms with Crippen molar-refractivity contribution >= 4 is 34.7 Å². The lowest BCUT2D eigenvalue weighted by atomic mass is 9.88. The summed E-state index contributed by atoms with van der Waals surface area (Å²) in [6.45, 7) is 4.60.